The van der Waals surface area contributed by atoms with Crippen LogP contribution in [0.1, 0.15) is 36.6 Å². The van der Waals surface area contributed by atoms with Crippen LogP contribution in [0, 0.1) is 5.92 Å². The van der Waals surface area contributed by atoms with Crippen LogP contribution in [-0.2, 0) is 11.0 Å². The summed E-state index contributed by atoms with van der Waals surface area (Å²) in [6.07, 6.45) is -2.81. The van der Waals surface area contributed by atoms with E-state index >= 15 is 0 Å². The zero-order chi connectivity index (χ0) is 29.3. The normalized spacial score (nSPS) is 17.1. The van der Waals surface area contributed by atoms with Crippen LogP contribution in [0.25, 0.3) is 28.5 Å². The molecular formula is C27H24Cl2F3N5O4. The van der Waals surface area contributed by atoms with Crippen LogP contribution in [0.5, 0.6) is 0 Å². The summed E-state index contributed by atoms with van der Waals surface area (Å²) in [6.45, 7) is 1.73. The molecular weight excluding hydrogens is 586 g/mol. The molecule has 1 aliphatic heterocycles. The van der Waals surface area contributed by atoms with Gasteiger partial charge in [0.25, 0.3) is 5.89 Å². The number of hydrogen-bond donors (Lipinski definition) is 2. The Hall–Kier alpha value is -3.45. The summed E-state index contributed by atoms with van der Waals surface area (Å²) < 4.78 is 48.2. The predicted molar refractivity (Wildman–Crippen MR) is 144 cm³/mol. The SMILES string of the molecule is O=C(O)C[C@H]1CCCN(C[C@@H](O)c2ccc(-c3noc(-c4cnn(-c5ccc(Cl)c(Cl)c5)c4C(F)(F)F)n3)cc2)C1. The van der Waals surface area contributed by atoms with Crippen molar-refractivity contribution < 1.29 is 32.7 Å². The zero-order valence-electron chi connectivity index (χ0n) is 21.4. The number of carboxylic acids is 1. The van der Waals surface area contributed by atoms with Crippen molar-refractivity contribution in [3.05, 3.63) is 70.0 Å². The molecule has 1 aliphatic rings. The highest BCUT2D eigenvalue weighted by atomic mass is 35.5. The van der Waals surface area contributed by atoms with E-state index in [0.717, 1.165) is 25.6 Å². The van der Waals surface area contributed by atoms with Gasteiger partial charge in [-0.25, -0.2) is 4.68 Å². The van der Waals surface area contributed by atoms with Crippen LogP contribution in [0.2, 0.25) is 10.0 Å². The molecule has 2 aromatic carbocycles. The van der Waals surface area contributed by atoms with Crippen molar-refractivity contribution in [2.75, 3.05) is 19.6 Å². The second-order valence-electron chi connectivity index (χ2n) is 9.84. The third-order valence-corrected chi connectivity index (χ3v) is 7.63. The Morgan fingerprint density at radius 3 is 2.59 bits per heavy atom. The highest BCUT2D eigenvalue weighted by Crippen LogP contribution is 2.39. The summed E-state index contributed by atoms with van der Waals surface area (Å²) in [5.74, 6) is -1.09. The monoisotopic (exact) mass is 609 g/mol. The number of β-amino-alcohol motifs (C(OH)–C–C–N with tert-alkyl or cyclic N) is 1. The number of hydrogen-bond acceptors (Lipinski definition) is 7. The summed E-state index contributed by atoms with van der Waals surface area (Å²) >= 11 is 11.9. The highest BCUT2D eigenvalue weighted by molar-refractivity contribution is 6.42. The molecule has 1 fully saturated rings. The fraction of sp³-hybridized carbons (Fsp3) is 0.333. The van der Waals surface area contributed by atoms with Crippen LogP contribution in [0.3, 0.4) is 0 Å². The van der Waals surface area contributed by atoms with Gasteiger partial charge in [0, 0.05) is 25.1 Å². The first-order valence-corrected chi connectivity index (χ1v) is 13.4. The lowest BCUT2D eigenvalue weighted by molar-refractivity contribution is -0.142. The van der Waals surface area contributed by atoms with Crippen molar-refractivity contribution >= 4 is 29.2 Å². The molecule has 0 radical (unpaired) electrons. The molecule has 2 aromatic heterocycles. The van der Waals surface area contributed by atoms with E-state index in [0.29, 0.717) is 28.9 Å². The quantitative estimate of drug-likeness (QED) is 0.245. The molecule has 0 unspecified atom stereocenters. The Kier molecular flexibility index (Phi) is 8.37. The lowest BCUT2D eigenvalue weighted by atomic mass is 9.94. The van der Waals surface area contributed by atoms with Crippen molar-refractivity contribution in [1.82, 2.24) is 24.8 Å². The Morgan fingerprint density at radius 2 is 1.90 bits per heavy atom. The molecule has 2 N–H and O–H groups in total. The molecule has 0 spiro atoms. The lowest BCUT2D eigenvalue weighted by Crippen LogP contribution is -2.38. The number of aliphatic carboxylic acids is 1. The van der Waals surface area contributed by atoms with Gasteiger partial charge in [-0.3, -0.25) is 4.79 Å². The van der Waals surface area contributed by atoms with Gasteiger partial charge in [-0.05, 0) is 49.1 Å². The molecule has 0 bridgehead atoms. The Morgan fingerprint density at radius 1 is 1.15 bits per heavy atom. The molecule has 14 heteroatoms. The molecule has 9 nitrogen and oxygen atoms in total. The van der Waals surface area contributed by atoms with E-state index in [1.54, 1.807) is 24.3 Å². The van der Waals surface area contributed by atoms with E-state index in [-0.39, 0.29) is 39.8 Å². The maximum Gasteiger partial charge on any atom is 0.434 e. The van der Waals surface area contributed by atoms with E-state index in [2.05, 4.69) is 20.1 Å². The smallest absolute Gasteiger partial charge is 0.434 e. The number of alkyl halides is 3. The van der Waals surface area contributed by atoms with Crippen LogP contribution < -0.4 is 0 Å². The molecule has 4 aromatic rings. The summed E-state index contributed by atoms with van der Waals surface area (Å²) in [6, 6.07) is 10.6. The van der Waals surface area contributed by atoms with E-state index in [1.807, 2.05) is 0 Å². The molecule has 216 valence electrons. The standard InChI is InChI=1S/C27H24Cl2F3N5O4/c28-20-8-7-18(11-21(20)29)37-24(27(30,31)32)19(12-33-37)26-34-25(35-41-26)17-5-3-16(4-6-17)22(38)14-36-9-1-2-15(13-36)10-23(39)40/h3-8,11-12,15,22,38H,1-2,9-10,13-14H2,(H,39,40)/t15-,22-/m1/s1. The van der Waals surface area contributed by atoms with Gasteiger partial charge in [0.05, 0.1) is 33.6 Å². The zero-order valence-corrected chi connectivity index (χ0v) is 22.9. The maximum atomic E-state index is 14.1. The number of rotatable bonds is 8. The molecule has 41 heavy (non-hydrogen) atoms. The topological polar surface area (TPSA) is 118 Å². The molecule has 2 atom stereocenters. The van der Waals surface area contributed by atoms with Crippen LogP contribution in [0.15, 0.2) is 53.2 Å². The molecule has 3 heterocycles. The van der Waals surface area contributed by atoms with Gasteiger partial charge in [-0.2, -0.15) is 23.3 Å². The summed E-state index contributed by atoms with van der Waals surface area (Å²) in [5.41, 5.74) is -0.375. The first-order valence-electron chi connectivity index (χ1n) is 12.7. The van der Waals surface area contributed by atoms with Gasteiger partial charge < -0.3 is 19.6 Å². The van der Waals surface area contributed by atoms with E-state index in [4.69, 9.17) is 32.8 Å². The van der Waals surface area contributed by atoms with Crippen molar-refractivity contribution in [3.63, 3.8) is 0 Å². The number of aliphatic hydroxyl groups is 1. The first-order chi connectivity index (χ1) is 19.5. The fourth-order valence-corrected chi connectivity index (χ4v) is 5.27. The van der Waals surface area contributed by atoms with Crippen LogP contribution >= 0.6 is 23.2 Å². The number of carbonyl (C=O) groups is 1. The minimum absolute atomic E-state index is 0.0498. The Balaban J connectivity index is 1.33. The minimum atomic E-state index is -4.81. The number of nitrogens with zero attached hydrogens (tertiary/aromatic N) is 5. The first kappa shape index (κ1) is 29.1. The van der Waals surface area contributed by atoms with E-state index < -0.39 is 29.5 Å². The van der Waals surface area contributed by atoms with Gasteiger partial charge in [-0.1, -0.05) is 52.6 Å². The Bertz CT molecular complexity index is 1540. The highest BCUT2D eigenvalue weighted by Gasteiger charge is 2.40. The van der Waals surface area contributed by atoms with Crippen molar-refractivity contribution in [2.24, 2.45) is 5.92 Å². The van der Waals surface area contributed by atoms with Crippen molar-refractivity contribution in [2.45, 2.75) is 31.5 Å². The number of halogens is 5. The maximum absolute atomic E-state index is 14.1. The van der Waals surface area contributed by atoms with Crippen molar-refractivity contribution in [3.8, 4) is 28.5 Å². The lowest BCUT2D eigenvalue weighted by Gasteiger charge is -2.33. The molecule has 0 aliphatic carbocycles. The number of piperidine rings is 1. The van der Waals surface area contributed by atoms with Gasteiger partial charge in [0.15, 0.2) is 5.69 Å². The summed E-state index contributed by atoms with van der Waals surface area (Å²) in [4.78, 5) is 17.3. The van der Waals surface area contributed by atoms with Crippen molar-refractivity contribution in [1.29, 1.82) is 0 Å². The van der Waals surface area contributed by atoms with E-state index in [9.17, 15) is 23.1 Å². The second-order valence-corrected chi connectivity index (χ2v) is 10.7. The van der Waals surface area contributed by atoms with E-state index in [1.165, 1.54) is 18.2 Å². The molecule has 1 saturated heterocycles. The van der Waals surface area contributed by atoms with Gasteiger partial charge >= 0.3 is 12.1 Å². The van der Waals surface area contributed by atoms with Gasteiger partial charge in [-0.15, -0.1) is 0 Å². The number of aliphatic hydroxyl groups excluding tert-OH is 1. The largest absolute Gasteiger partial charge is 0.481 e. The summed E-state index contributed by atoms with van der Waals surface area (Å²) in [7, 11) is 0. The molecule has 0 saturated carbocycles. The average Bonchev–Trinajstić information content (AvgIpc) is 3.58. The number of benzene rings is 2. The molecule has 5 rings (SSSR count). The third-order valence-electron chi connectivity index (χ3n) is 6.89. The minimum Gasteiger partial charge on any atom is -0.481 e. The van der Waals surface area contributed by atoms with Crippen LogP contribution in [0.4, 0.5) is 13.2 Å². The molecule has 0 amide bonds. The fourth-order valence-electron chi connectivity index (χ4n) is 4.98. The number of carboxylic acid groups (broad SMARTS) is 1. The predicted octanol–water partition coefficient (Wildman–Crippen LogP) is 6.14. The second kappa shape index (κ2) is 11.8. The average molecular weight is 610 g/mol. The Labute approximate surface area is 242 Å². The number of aromatic nitrogens is 4. The third kappa shape index (κ3) is 6.56. The van der Waals surface area contributed by atoms with Gasteiger partial charge in [0.2, 0.25) is 5.82 Å². The van der Waals surface area contributed by atoms with Gasteiger partial charge in [0.1, 0.15) is 0 Å². The van der Waals surface area contributed by atoms with Crippen LogP contribution in [-0.4, -0.2) is 60.6 Å². The summed E-state index contributed by atoms with van der Waals surface area (Å²) in [5, 5.41) is 27.8. The number of likely N-dealkylation sites (tertiary alicyclic amines) is 1.